The lowest BCUT2D eigenvalue weighted by Gasteiger charge is -2.47. The number of nitrogen functional groups attached to an aromatic ring is 2. The van der Waals surface area contributed by atoms with Crippen molar-refractivity contribution in [3.63, 3.8) is 0 Å². The van der Waals surface area contributed by atoms with Gasteiger partial charge >= 0.3 is 0 Å². The molecule has 0 saturated heterocycles. The summed E-state index contributed by atoms with van der Waals surface area (Å²) in [5.74, 6) is 0. The van der Waals surface area contributed by atoms with Crippen LogP contribution < -0.4 is 21.3 Å². The van der Waals surface area contributed by atoms with Gasteiger partial charge in [0, 0.05) is 47.0 Å². The Labute approximate surface area is 137 Å². The van der Waals surface area contributed by atoms with Crippen molar-refractivity contribution in [3.8, 4) is 0 Å². The maximum absolute atomic E-state index is 6.41. The first-order valence-corrected chi connectivity index (χ1v) is 8.15. The summed E-state index contributed by atoms with van der Waals surface area (Å²) in [5.41, 5.74) is 24.8. The Balaban J connectivity index is 1.94. The molecule has 0 saturated carbocycles. The van der Waals surface area contributed by atoms with Gasteiger partial charge in [-0.15, -0.1) is 0 Å². The van der Waals surface area contributed by atoms with Crippen LogP contribution >= 0.6 is 0 Å². The summed E-state index contributed by atoms with van der Waals surface area (Å²) in [6.07, 6.45) is 0. The second-order valence-electron chi connectivity index (χ2n) is 7.04. The van der Waals surface area contributed by atoms with Gasteiger partial charge in [-0.3, -0.25) is 0 Å². The van der Waals surface area contributed by atoms with E-state index in [2.05, 4.69) is 49.6 Å². The van der Waals surface area contributed by atoms with Crippen molar-refractivity contribution in [2.24, 2.45) is 0 Å². The molecule has 2 heterocycles. The van der Waals surface area contributed by atoms with Crippen LogP contribution in [-0.4, -0.2) is 6.67 Å². The quantitative estimate of drug-likeness (QED) is 0.733. The largest absolute Gasteiger partial charge is 0.398 e. The van der Waals surface area contributed by atoms with Gasteiger partial charge in [0.1, 0.15) is 0 Å². The summed E-state index contributed by atoms with van der Waals surface area (Å²) in [7, 11) is 0. The SMILES string of the molecule is Cc1cc(C)c2c(c1N)CN1CN2Cc2c(N)c(C)cc(C)c21. The Hall–Kier alpha value is -2.36. The molecule has 0 radical (unpaired) electrons. The Morgan fingerprint density at radius 3 is 1.48 bits per heavy atom. The molecule has 0 fully saturated rings. The average Bonchev–Trinajstić information content (AvgIpc) is 2.49. The van der Waals surface area contributed by atoms with Gasteiger partial charge in [-0.05, 0) is 49.9 Å². The molecule has 2 aromatic rings. The summed E-state index contributed by atoms with van der Waals surface area (Å²) in [6.45, 7) is 11.2. The van der Waals surface area contributed by atoms with Gasteiger partial charge < -0.3 is 21.3 Å². The van der Waals surface area contributed by atoms with Crippen molar-refractivity contribution in [2.45, 2.75) is 40.8 Å². The van der Waals surface area contributed by atoms with Crippen molar-refractivity contribution in [1.29, 1.82) is 0 Å². The Morgan fingerprint density at radius 1 is 0.696 bits per heavy atom. The minimum Gasteiger partial charge on any atom is -0.398 e. The van der Waals surface area contributed by atoms with Crippen LogP contribution in [0.2, 0.25) is 0 Å². The molecule has 0 unspecified atom stereocenters. The molecule has 0 spiro atoms. The van der Waals surface area contributed by atoms with E-state index < -0.39 is 0 Å². The third-order valence-electron chi connectivity index (χ3n) is 5.36. The maximum atomic E-state index is 6.41. The number of rotatable bonds is 0. The minimum atomic E-state index is 0.858. The van der Waals surface area contributed by atoms with Gasteiger partial charge in [-0.1, -0.05) is 12.1 Å². The van der Waals surface area contributed by atoms with E-state index in [1.807, 2.05) is 0 Å². The summed E-state index contributed by atoms with van der Waals surface area (Å²) >= 11 is 0. The summed E-state index contributed by atoms with van der Waals surface area (Å²) in [5, 5.41) is 0. The van der Waals surface area contributed by atoms with Gasteiger partial charge in [0.15, 0.2) is 0 Å². The van der Waals surface area contributed by atoms with Crippen LogP contribution in [0.4, 0.5) is 22.7 Å². The molecule has 2 aliphatic heterocycles. The van der Waals surface area contributed by atoms with E-state index in [0.29, 0.717) is 0 Å². The molecule has 0 amide bonds. The van der Waals surface area contributed by atoms with E-state index >= 15 is 0 Å². The zero-order valence-electron chi connectivity index (χ0n) is 14.3. The highest BCUT2D eigenvalue weighted by Gasteiger charge is 2.34. The van der Waals surface area contributed by atoms with Crippen LogP contribution in [0, 0.1) is 27.7 Å². The molecule has 0 aromatic heterocycles. The summed E-state index contributed by atoms with van der Waals surface area (Å²) in [4.78, 5) is 4.84. The lowest BCUT2D eigenvalue weighted by atomic mass is 9.92. The Kier molecular flexibility index (Phi) is 2.83. The first-order chi connectivity index (χ1) is 10.9. The third-order valence-corrected chi connectivity index (χ3v) is 5.36. The van der Waals surface area contributed by atoms with Gasteiger partial charge in [-0.2, -0.15) is 0 Å². The van der Waals surface area contributed by atoms with Gasteiger partial charge in [-0.25, -0.2) is 0 Å². The average molecular weight is 308 g/mol. The lowest BCUT2D eigenvalue weighted by molar-refractivity contribution is 0.648. The molecule has 4 rings (SSSR count). The van der Waals surface area contributed by atoms with Crippen LogP contribution in [0.25, 0.3) is 0 Å². The highest BCUT2D eigenvalue weighted by Crippen LogP contribution is 2.45. The van der Waals surface area contributed by atoms with E-state index in [9.17, 15) is 0 Å². The van der Waals surface area contributed by atoms with Crippen LogP contribution in [0.3, 0.4) is 0 Å². The molecule has 2 aromatic carbocycles. The second kappa shape index (κ2) is 4.57. The van der Waals surface area contributed by atoms with Crippen LogP contribution in [0.15, 0.2) is 12.1 Å². The number of nitrogens with zero attached hydrogens (tertiary/aromatic N) is 2. The monoisotopic (exact) mass is 308 g/mol. The van der Waals surface area contributed by atoms with Crippen molar-refractivity contribution in [1.82, 2.24) is 0 Å². The summed E-state index contributed by atoms with van der Waals surface area (Å²) in [6, 6.07) is 4.40. The second-order valence-corrected chi connectivity index (χ2v) is 7.04. The molecular formula is C19H24N4. The Bertz CT molecular complexity index is 769. The van der Waals surface area contributed by atoms with E-state index in [4.69, 9.17) is 11.5 Å². The smallest absolute Gasteiger partial charge is 0.0910 e. The van der Waals surface area contributed by atoms with E-state index in [0.717, 1.165) is 31.1 Å². The highest BCUT2D eigenvalue weighted by atomic mass is 15.4. The van der Waals surface area contributed by atoms with E-state index in [1.165, 1.54) is 44.8 Å². The molecule has 120 valence electrons. The van der Waals surface area contributed by atoms with Gasteiger partial charge in [0.05, 0.1) is 6.67 Å². The predicted molar refractivity (Wildman–Crippen MR) is 97.9 cm³/mol. The van der Waals surface area contributed by atoms with Gasteiger partial charge in [0.25, 0.3) is 0 Å². The van der Waals surface area contributed by atoms with E-state index in [1.54, 1.807) is 0 Å². The predicted octanol–water partition coefficient (Wildman–Crippen LogP) is 3.38. The van der Waals surface area contributed by atoms with Crippen LogP contribution in [0.1, 0.15) is 33.4 Å². The van der Waals surface area contributed by atoms with Crippen LogP contribution in [-0.2, 0) is 13.1 Å². The zero-order chi connectivity index (χ0) is 16.5. The first kappa shape index (κ1) is 14.2. The molecule has 4 heteroatoms. The Morgan fingerprint density at radius 2 is 1.09 bits per heavy atom. The topological polar surface area (TPSA) is 58.5 Å². The number of fused-ring (bicyclic) bond motifs is 6. The first-order valence-electron chi connectivity index (χ1n) is 8.15. The minimum absolute atomic E-state index is 0.858. The molecule has 4 N–H and O–H groups in total. The van der Waals surface area contributed by atoms with Crippen molar-refractivity contribution < 1.29 is 0 Å². The molecule has 0 aliphatic carbocycles. The molecule has 2 bridgehead atoms. The summed E-state index contributed by atoms with van der Waals surface area (Å²) < 4.78 is 0. The maximum Gasteiger partial charge on any atom is 0.0910 e. The highest BCUT2D eigenvalue weighted by molar-refractivity contribution is 5.81. The molecular weight excluding hydrogens is 284 g/mol. The fraction of sp³-hybridized carbons (Fsp3) is 0.368. The number of benzene rings is 2. The number of nitrogens with two attached hydrogens (primary N) is 2. The van der Waals surface area contributed by atoms with Crippen molar-refractivity contribution in [3.05, 3.63) is 45.5 Å². The van der Waals surface area contributed by atoms with Crippen LogP contribution in [0.5, 0.6) is 0 Å². The third kappa shape index (κ3) is 1.84. The van der Waals surface area contributed by atoms with Crippen molar-refractivity contribution >= 4 is 22.7 Å². The number of aryl methyl sites for hydroxylation is 4. The number of anilines is 4. The number of hydrogen-bond acceptors (Lipinski definition) is 4. The fourth-order valence-corrected chi connectivity index (χ4v) is 4.34. The van der Waals surface area contributed by atoms with Crippen molar-refractivity contribution in [2.75, 3.05) is 27.9 Å². The molecule has 2 aliphatic rings. The molecule has 4 nitrogen and oxygen atoms in total. The zero-order valence-corrected chi connectivity index (χ0v) is 14.3. The number of hydrogen-bond donors (Lipinski definition) is 2. The standard InChI is InChI=1S/C19H24N4/c1-10-5-12(3)18-14(16(10)20)7-22-9-23(18)8-15-17(21)11(2)6-13(4)19(15)22/h5-6H,7-9,20-21H2,1-4H3. The fourth-order valence-electron chi connectivity index (χ4n) is 4.34. The molecule has 0 atom stereocenters. The lowest BCUT2D eigenvalue weighted by Crippen LogP contribution is -2.47. The van der Waals surface area contributed by atoms with Gasteiger partial charge in [0.2, 0.25) is 0 Å². The van der Waals surface area contributed by atoms with E-state index in [-0.39, 0.29) is 0 Å². The normalized spacial score (nSPS) is 15.5. The molecule has 23 heavy (non-hydrogen) atoms.